The normalized spacial score (nSPS) is 19.4. The van der Waals surface area contributed by atoms with Crippen LogP contribution in [0.2, 0.25) is 0 Å². The average molecular weight is 666 g/mol. The molecule has 2 aliphatic rings. The maximum Gasteiger partial charge on any atom is 0.308 e. The number of halogens is 1. The summed E-state index contributed by atoms with van der Waals surface area (Å²) >= 11 is 5.51. The third-order valence-electron chi connectivity index (χ3n) is 7.32. The van der Waals surface area contributed by atoms with Gasteiger partial charge in [-0.1, -0.05) is 69.4 Å². The number of hydrogen-bond acceptors (Lipinski definition) is 8. The number of nitro benzene ring substituents is 1. The van der Waals surface area contributed by atoms with E-state index in [1.807, 2.05) is 43.3 Å². The maximum atomic E-state index is 13.9. The number of nitrogens with zero attached hydrogens (tertiary/aromatic N) is 3. The molecule has 4 aromatic rings. The number of carbonyl (C=O) groups excluding carboxylic acids is 3. The first-order chi connectivity index (χ1) is 20.1. The van der Waals surface area contributed by atoms with Crippen LogP contribution in [0.3, 0.4) is 0 Å². The van der Waals surface area contributed by atoms with Gasteiger partial charge in [0.05, 0.1) is 21.6 Å². The van der Waals surface area contributed by atoms with Gasteiger partial charge in [-0.3, -0.25) is 33.9 Å². The number of hydrogen-bond donors (Lipinski definition) is 1. The minimum Gasteiger partial charge on any atom is -0.324 e. The first kappa shape index (κ1) is 28.1. The summed E-state index contributed by atoms with van der Waals surface area (Å²) in [6.45, 7) is 1.61. The topological polar surface area (TPSA) is 132 Å². The lowest BCUT2D eigenvalue weighted by Gasteiger charge is -2.30. The van der Waals surface area contributed by atoms with E-state index >= 15 is 0 Å². The highest BCUT2D eigenvalue weighted by Crippen LogP contribution is 2.54. The third-order valence-corrected chi connectivity index (χ3v) is 10.5. The molecular formula is C29H21BrN4O6S2. The number of non-ortho nitro benzene ring substituents is 1. The summed E-state index contributed by atoms with van der Waals surface area (Å²) in [7, 11) is 0. The van der Waals surface area contributed by atoms with E-state index in [2.05, 4.69) is 21.2 Å². The molecule has 3 unspecified atom stereocenters. The monoisotopic (exact) mass is 664 g/mol. The molecule has 1 N–H and O–H groups in total. The van der Waals surface area contributed by atoms with Crippen LogP contribution in [0, 0.1) is 23.0 Å². The van der Waals surface area contributed by atoms with Gasteiger partial charge in [0.2, 0.25) is 17.7 Å². The molecule has 3 heterocycles. The van der Waals surface area contributed by atoms with Crippen molar-refractivity contribution in [3.8, 4) is 0 Å². The maximum absolute atomic E-state index is 13.9. The van der Waals surface area contributed by atoms with Crippen LogP contribution in [0.5, 0.6) is 0 Å². The summed E-state index contributed by atoms with van der Waals surface area (Å²) in [6.07, 6.45) is 0. The summed E-state index contributed by atoms with van der Waals surface area (Å²) < 4.78 is 2.19. The molecule has 0 radical (unpaired) electrons. The predicted octanol–water partition coefficient (Wildman–Crippen LogP) is 5.32. The van der Waals surface area contributed by atoms with Gasteiger partial charge in [-0.2, -0.15) is 0 Å². The van der Waals surface area contributed by atoms with Gasteiger partial charge in [-0.25, -0.2) is 4.90 Å². The fraction of sp³-hybridized carbons (Fsp3) is 0.172. The van der Waals surface area contributed by atoms with Crippen molar-refractivity contribution in [2.24, 2.45) is 5.92 Å². The number of imide groups is 1. The van der Waals surface area contributed by atoms with Crippen molar-refractivity contribution in [3.63, 3.8) is 0 Å². The molecule has 212 valence electrons. The molecule has 3 aromatic carbocycles. The van der Waals surface area contributed by atoms with E-state index in [0.717, 1.165) is 43.6 Å². The molecule has 3 atom stereocenters. The van der Waals surface area contributed by atoms with Crippen molar-refractivity contribution in [3.05, 3.63) is 113 Å². The van der Waals surface area contributed by atoms with E-state index in [9.17, 15) is 29.3 Å². The number of aromatic nitrogens is 1. The fourth-order valence-corrected chi connectivity index (χ4v) is 8.35. The largest absolute Gasteiger partial charge is 0.324 e. The Labute approximate surface area is 255 Å². The molecule has 6 rings (SSSR count). The van der Waals surface area contributed by atoms with Crippen molar-refractivity contribution in [1.82, 2.24) is 4.57 Å². The van der Waals surface area contributed by atoms with Crippen molar-refractivity contribution in [2.75, 3.05) is 10.2 Å². The third kappa shape index (κ3) is 4.86. The van der Waals surface area contributed by atoms with E-state index in [-0.39, 0.29) is 22.8 Å². The zero-order valence-electron chi connectivity index (χ0n) is 21.9. The molecule has 0 spiro atoms. The van der Waals surface area contributed by atoms with Gasteiger partial charge in [-0.15, -0.1) is 0 Å². The second-order valence-electron chi connectivity index (χ2n) is 9.87. The molecule has 10 nitrogen and oxygen atoms in total. The fourth-order valence-electron chi connectivity index (χ4n) is 5.31. The Morgan fingerprint density at radius 2 is 1.69 bits per heavy atom. The van der Waals surface area contributed by atoms with Crippen LogP contribution in [0.4, 0.5) is 17.1 Å². The molecule has 1 aromatic heterocycles. The van der Waals surface area contributed by atoms with Crippen LogP contribution in [-0.4, -0.2) is 32.5 Å². The average Bonchev–Trinajstić information content (AvgIpc) is 3.41. The predicted molar refractivity (Wildman–Crippen MR) is 163 cm³/mol. The molecule has 1 saturated heterocycles. The van der Waals surface area contributed by atoms with Gasteiger partial charge in [0.25, 0.3) is 5.69 Å². The van der Waals surface area contributed by atoms with Gasteiger partial charge in [0.15, 0.2) is 0 Å². The Morgan fingerprint density at radius 3 is 2.36 bits per heavy atom. The van der Waals surface area contributed by atoms with Gasteiger partial charge in [0, 0.05) is 33.1 Å². The Hall–Kier alpha value is -4.07. The van der Waals surface area contributed by atoms with Crippen molar-refractivity contribution in [1.29, 1.82) is 0 Å². The minimum atomic E-state index is -0.867. The Morgan fingerprint density at radius 1 is 1.00 bits per heavy atom. The number of nitrogens with one attached hydrogen (secondary N) is 1. The first-order valence-corrected chi connectivity index (χ1v) is 15.3. The Bertz CT molecular complexity index is 1820. The van der Waals surface area contributed by atoms with Crippen molar-refractivity contribution < 1.29 is 19.3 Å². The van der Waals surface area contributed by atoms with Crippen molar-refractivity contribution >= 4 is 73.8 Å². The van der Waals surface area contributed by atoms with E-state index in [1.54, 1.807) is 12.1 Å². The lowest BCUT2D eigenvalue weighted by atomic mass is 9.83. The second-order valence-corrected chi connectivity index (χ2v) is 12.9. The van der Waals surface area contributed by atoms with Crippen LogP contribution in [0.25, 0.3) is 0 Å². The van der Waals surface area contributed by atoms with Gasteiger partial charge >= 0.3 is 4.87 Å². The number of nitro groups is 1. The molecule has 2 aliphatic heterocycles. The molecule has 0 aliphatic carbocycles. The number of benzene rings is 3. The lowest BCUT2D eigenvalue weighted by Crippen LogP contribution is -2.33. The lowest BCUT2D eigenvalue weighted by molar-refractivity contribution is -0.384. The Balaban J connectivity index is 1.40. The number of aryl methyl sites for hydroxylation is 1. The number of rotatable bonds is 6. The molecule has 1 fully saturated rings. The molecule has 0 bridgehead atoms. The van der Waals surface area contributed by atoms with Crippen LogP contribution in [0.1, 0.15) is 21.9 Å². The van der Waals surface area contributed by atoms with Gasteiger partial charge < -0.3 is 5.32 Å². The molecule has 42 heavy (non-hydrogen) atoms. The van der Waals surface area contributed by atoms with E-state index < -0.39 is 39.7 Å². The number of thioether (sulfide) groups is 1. The second kappa shape index (κ2) is 11.0. The van der Waals surface area contributed by atoms with E-state index in [0.29, 0.717) is 15.6 Å². The summed E-state index contributed by atoms with van der Waals surface area (Å²) in [6, 6.07) is 19.9. The number of para-hydroxylation sites is 1. The van der Waals surface area contributed by atoms with Gasteiger partial charge in [-0.05, 0) is 48.4 Å². The number of amides is 3. The molecular weight excluding hydrogens is 644 g/mol. The summed E-state index contributed by atoms with van der Waals surface area (Å²) in [5.41, 5.74) is 2.33. The highest BCUT2D eigenvalue weighted by molar-refractivity contribution is 9.10. The number of thiazole rings is 1. The molecule has 3 amide bonds. The van der Waals surface area contributed by atoms with Crippen LogP contribution >= 0.6 is 39.0 Å². The summed E-state index contributed by atoms with van der Waals surface area (Å²) in [5.74, 6) is -2.76. The van der Waals surface area contributed by atoms with Gasteiger partial charge in [0.1, 0.15) is 11.8 Å². The smallest absolute Gasteiger partial charge is 0.308 e. The van der Waals surface area contributed by atoms with Crippen LogP contribution in [-0.2, 0) is 20.9 Å². The number of fused-ring (bicyclic) bond motifs is 2. The number of anilines is 2. The summed E-state index contributed by atoms with van der Waals surface area (Å²) in [4.78, 5) is 66.0. The quantitative estimate of drug-likeness (QED) is 0.168. The van der Waals surface area contributed by atoms with Crippen molar-refractivity contribution in [2.45, 2.75) is 29.7 Å². The van der Waals surface area contributed by atoms with E-state index in [1.165, 1.54) is 28.8 Å². The molecule has 13 heteroatoms. The molecule has 0 saturated carbocycles. The minimum absolute atomic E-state index is 0.160. The standard InChI is InChI=1S/C29H21BrN4O6S2/c1-15-4-2-3-5-20(15)31-21(35)14-32-28-25(42-29(32)38)22(16-6-8-17(30)9-7-16)23-24(41-28)27(37)33(26(23)36)18-10-12-19(13-11-18)34(39)40/h2-13,22-24H,14H2,1H3,(H,31,35). The highest BCUT2D eigenvalue weighted by Gasteiger charge is 2.56. The SMILES string of the molecule is Cc1ccccc1NC(=O)Cn1c2c(sc1=O)C(c1ccc(Br)cc1)C1C(=O)N(c3ccc([N+](=O)[O-])cc3)C(=O)C1S2. The summed E-state index contributed by atoms with van der Waals surface area (Å²) in [5, 5.41) is 13.6. The van der Waals surface area contributed by atoms with E-state index in [4.69, 9.17) is 0 Å². The zero-order chi connectivity index (χ0) is 29.7. The van der Waals surface area contributed by atoms with Crippen LogP contribution < -0.4 is 15.1 Å². The zero-order valence-corrected chi connectivity index (χ0v) is 25.1. The van der Waals surface area contributed by atoms with Crippen LogP contribution in [0.15, 0.2) is 87.1 Å². The first-order valence-electron chi connectivity index (χ1n) is 12.8. The Kier molecular flexibility index (Phi) is 7.33. The highest BCUT2D eigenvalue weighted by atomic mass is 79.9. The number of carbonyl (C=O) groups is 3.